The minimum absolute atomic E-state index is 0.0843. The Balaban J connectivity index is 1.35. The van der Waals surface area contributed by atoms with E-state index >= 15 is 0 Å². The van der Waals surface area contributed by atoms with E-state index in [2.05, 4.69) is 15.0 Å². The molecule has 2 aromatic carbocycles. The van der Waals surface area contributed by atoms with Crippen LogP contribution < -0.4 is 0 Å². The molecule has 2 aromatic heterocycles. The second-order valence-electron chi connectivity index (χ2n) is 7.22. The summed E-state index contributed by atoms with van der Waals surface area (Å²) >= 11 is 0. The number of benzene rings is 2. The largest absolute Gasteiger partial charge is 0.440 e. The summed E-state index contributed by atoms with van der Waals surface area (Å²) in [4.78, 5) is 17.6. The number of non-ortho nitro benzene ring substituents is 1. The molecule has 1 fully saturated rings. The molecule has 0 radical (unpaired) electrons. The van der Waals surface area contributed by atoms with Crippen LogP contribution in [0.15, 0.2) is 53.1 Å². The van der Waals surface area contributed by atoms with Crippen LogP contribution in [0.3, 0.4) is 0 Å². The Morgan fingerprint density at radius 3 is 3.00 bits per heavy atom. The third-order valence-corrected chi connectivity index (χ3v) is 5.34. The van der Waals surface area contributed by atoms with Crippen molar-refractivity contribution in [2.45, 2.75) is 25.4 Å². The van der Waals surface area contributed by atoms with Crippen molar-refractivity contribution in [3.8, 4) is 0 Å². The number of nitrogens with zero attached hydrogens (tertiary/aromatic N) is 5. The number of hydrogen-bond acceptors (Lipinski definition) is 6. The molecule has 8 heteroatoms. The van der Waals surface area contributed by atoms with E-state index in [1.165, 1.54) is 6.07 Å². The average Bonchev–Trinajstić information content (AvgIpc) is 3.32. The molecule has 0 unspecified atom stereocenters. The third kappa shape index (κ3) is 3.01. The molecule has 0 spiro atoms. The SMILES string of the molecule is O=[N+]([O-])c1ccc2c(cnn2CN2CCC[C@H](c3nc4ccccc4o3)C2)c1. The highest BCUT2D eigenvalue weighted by Crippen LogP contribution is 2.29. The molecule has 3 heterocycles. The third-order valence-electron chi connectivity index (χ3n) is 5.34. The van der Waals surface area contributed by atoms with Crippen molar-refractivity contribution < 1.29 is 9.34 Å². The summed E-state index contributed by atoms with van der Waals surface area (Å²) in [6, 6.07) is 12.7. The van der Waals surface area contributed by atoms with E-state index in [0.717, 1.165) is 53.8 Å². The van der Waals surface area contributed by atoms with Gasteiger partial charge in [0.1, 0.15) is 5.52 Å². The van der Waals surface area contributed by atoms with Gasteiger partial charge in [0.25, 0.3) is 5.69 Å². The number of piperidine rings is 1. The number of rotatable bonds is 4. The van der Waals surface area contributed by atoms with Crippen molar-refractivity contribution in [3.05, 3.63) is 64.7 Å². The number of para-hydroxylation sites is 2. The summed E-state index contributed by atoms with van der Waals surface area (Å²) in [6.07, 6.45) is 3.80. The minimum atomic E-state index is -0.383. The van der Waals surface area contributed by atoms with Crippen molar-refractivity contribution in [2.24, 2.45) is 0 Å². The number of hydrogen-bond donors (Lipinski definition) is 0. The number of nitro benzene ring substituents is 1. The molecular formula is C20H19N5O3. The fourth-order valence-corrected chi connectivity index (χ4v) is 3.94. The summed E-state index contributed by atoms with van der Waals surface area (Å²) < 4.78 is 7.87. The number of likely N-dealkylation sites (tertiary alicyclic amines) is 1. The van der Waals surface area contributed by atoms with Crippen molar-refractivity contribution >= 4 is 27.7 Å². The predicted molar refractivity (Wildman–Crippen MR) is 104 cm³/mol. The van der Waals surface area contributed by atoms with Gasteiger partial charge in [-0.25, -0.2) is 4.98 Å². The van der Waals surface area contributed by atoms with E-state index in [-0.39, 0.29) is 16.5 Å². The topological polar surface area (TPSA) is 90.2 Å². The van der Waals surface area contributed by atoms with Crippen molar-refractivity contribution in [2.75, 3.05) is 13.1 Å². The normalized spacial score (nSPS) is 18.1. The van der Waals surface area contributed by atoms with Crippen molar-refractivity contribution in [3.63, 3.8) is 0 Å². The van der Waals surface area contributed by atoms with Crippen LogP contribution in [0.1, 0.15) is 24.7 Å². The smallest absolute Gasteiger partial charge is 0.270 e. The number of nitro groups is 1. The Morgan fingerprint density at radius 1 is 1.25 bits per heavy atom. The minimum Gasteiger partial charge on any atom is -0.440 e. The molecule has 8 nitrogen and oxygen atoms in total. The van der Waals surface area contributed by atoms with Crippen LogP contribution in [0, 0.1) is 10.1 Å². The first-order chi connectivity index (χ1) is 13.7. The summed E-state index contributed by atoms with van der Waals surface area (Å²) in [7, 11) is 0. The Kier molecular flexibility index (Phi) is 4.05. The van der Waals surface area contributed by atoms with E-state index in [9.17, 15) is 10.1 Å². The fourth-order valence-electron chi connectivity index (χ4n) is 3.94. The lowest BCUT2D eigenvalue weighted by Gasteiger charge is -2.31. The van der Waals surface area contributed by atoms with E-state index in [1.54, 1.807) is 18.3 Å². The van der Waals surface area contributed by atoms with Crippen LogP contribution in [0.25, 0.3) is 22.0 Å². The summed E-state index contributed by atoms with van der Waals surface area (Å²) in [6.45, 7) is 2.46. The molecule has 0 bridgehead atoms. The maximum Gasteiger partial charge on any atom is 0.270 e. The van der Waals surface area contributed by atoms with Crippen LogP contribution in [0.4, 0.5) is 5.69 Å². The summed E-state index contributed by atoms with van der Waals surface area (Å²) in [5.41, 5.74) is 2.71. The Bertz CT molecular complexity index is 1130. The molecule has 5 rings (SSSR count). The maximum absolute atomic E-state index is 11.0. The van der Waals surface area contributed by atoms with Gasteiger partial charge in [0.2, 0.25) is 0 Å². The quantitative estimate of drug-likeness (QED) is 0.395. The highest BCUT2D eigenvalue weighted by Gasteiger charge is 2.26. The number of aromatic nitrogens is 3. The van der Waals surface area contributed by atoms with E-state index < -0.39 is 0 Å². The fraction of sp³-hybridized carbons (Fsp3) is 0.300. The van der Waals surface area contributed by atoms with Crippen molar-refractivity contribution in [1.82, 2.24) is 19.7 Å². The van der Waals surface area contributed by atoms with Gasteiger partial charge in [-0.2, -0.15) is 5.10 Å². The van der Waals surface area contributed by atoms with E-state index in [1.807, 2.05) is 28.9 Å². The highest BCUT2D eigenvalue weighted by molar-refractivity contribution is 5.81. The molecule has 0 amide bonds. The lowest BCUT2D eigenvalue weighted by molar-refractivity contribution is -0.384. The lowest BCUT2D eigenvalue weighted by Crippen LogP contribution is -2.36. The summed E-state index contributed by atoms with van der Waals surface area (Å²) in [5, 5.41) is 16.2. The number of oxazole rings is 1. The highest BCUT2D eigenvalue weighted by atomic mass is 16.6. The van der Waals surface area contributed by atoms with Gasteiger partial charge in [0, 0.05) is 30.0 Å². The lowest BCUT2D eigenvalue weighted by atomic mass is 9.98. The Hall–Kier alpha value is -3.26. The molecule has 28 heavy (non-hydrogen) atoms. The molecule has 0 saturated carbocycles. The summed E-state index contributed by atoms with van der Waals surface area (Å²) in [5.74, 6) is 1.05. The zero-order chi connectivity index (χ0) is 19.1. The number of fused-ring (bicyclic) bond motifs is 2. The van der Waals surface area contributed by atoms with Crippen LogP contribution >= 0.6 is 0 Å². The molecule has 142 valence electrons. The zero-order valence-electron chi connectivity index (χ0n) is 15.2. The van der Waals surface area contributed by atoms with E-state index in [4.69, 9.17) is 4.42 Å². The van der Waals surface area contributed by atoms with Crippen molar-refractivity contribution in [1.29, 1.82) is 0 Å². The van der Waals surface area contributed by atoms with Gasteiger partial charge in [-0.15, -0.1) is 0 Å². The molecule has 1 aliphatic heterocycles. The van der Waals surface area contributed by atoms with Gasteiger partial charge < -0.3 is 4.42 Å². The van der Waals surface area contributed by atoms with Gasteiger partial charge in [-0.3, -0.25) is 19.7 Å². The first kappa shape index (κ1) is 16.9. The van der Waals surface area contributed by atoms with Gasteiger partial charge in [0.15, 0.2) is 11.5 Å². The van der Waals surface area contributed by atoms with Gasteiger partial charge >= 0.3 is 0 Å². The van der Waals surface area contributed by atoms with E-state index in [0.29, 0.717) is 6.67 Å². The van der Waals surface area contributed by atoms with Crippen LogP contribution in [-0.2, 0) is 6.67 Å². The molecule has 1 aliphatic rings. The maximum atomic E-state index is 11.0. The first-order valence-corrected chi connectivity index (χ1v) is 9.35. The Morgan fingerprint density at radius 2 is 2.14 bits per heavy atom. The van der Waals surface area contributed by atoms with Gasteiger partial charge in [0.05, 0.1) is 23.3 Å². The average molecular weight is 377 g/mol. The van der Waals surface area contributed by atoms with Crippen LogP contribution in [0.2, 0.25) is 0 Å². The molecule has 0 aliphatic carbocycles. The molecule has 0 N–H and O–H groups in total. The zero-order valence-corrected chi connectivity index (χ0v) is 15.2. The molecular weight excluding hydrogens is 358 g/mol. The second kappa shape index (κ2) is 6.72. The predicted octanol–water partition coefficient (Wildman–Crippen LogP) is 3.92. The van der Waals surface area contributed by atoms with Crippen LogP contribution in [0.5, 0.6) is 0 Å². The first-order valence-electron chi connectivity index (χ1n) is 9.35. The van der Waals surface area contributed by atoms with Crippen LogP contribution in [-0.4, -0.2) is 37.7 Å². The van der Waals surface area contributed by atoms with Gasteiger partial charge in [-0.05, 0) is 37.6 Å². The molecule has 4 aromatic rings. The molecule has 1 atom stereocenters. The monoisotopic (exact) mass is 377 g/mol. The molecule has 1 saturated heterocycles. The second-order valence-corrected chi connectivity index (χ2v) is 7.22. The van der Waals surface area contributed by atoms with Gasteiger partial charge in [-0.1, -0.05) is 12.1 Å². The Labute approximate surface area is 160 Å². The standard InChI is InChI=1S/C20H19N5O3/c26-25(27)16-7-8-18-15(10-16)11-21-24(18)13-23-9-3-4-14(12-23)20-22-17-5-1-2-6-19(17)28-20/h1-2,5-8,10-11,14H,3-4,9,12-13H2/t14-/m0/s1.